The lowest BCUT2D eigenvalue weighted by atomic mass is 10.2. The topological polar surface area (TPSA) is 56.5 Å². The Kier molecular flexibility index (Phi) is 0.614. The maximum Gasteiger partial charge on any atom is 0.383 e. The van der Waals surface area contributed by atoms with Gasteiger partial charge in [-0.05, 0) is 12.1 Å². The molecule has 0 aliphatic rings. The third kappa shape index (κ3) is 0.527. The van der Waals surface area contributed by atoms with Gasteiger partial charge < -0.3 is 13.3 Å². The number of benzene rings is 1. The van der Waals surface area contributed by atoms with Crippen LogP contribution in [0.15, 0.2) is 30.2 Å². The molecule has 4 nitrogen and oxygen atoms in total. The molecule has 0 amide bonds. The van der Waals surface area contributed by atoms with Crippen LogP contribution in [0, 0.1) is 0 Å². The van der Waals surface area contributed by atoms with E-state index in [1.54, 1.807) is 12.1 Å². The van der Waals surface area contributed by atoms with Gasteiger partial charge >= 0.3 is 5.63 Å². The Balaban J connectivity index is 2.48. The fourth-order valence-electron chi connectivity index (χ4n) is 1.54. The van der Waals surface area contributed by atoms with Crippen LogP contribution in [0.4, 0.5) is 0 Å². The molecule has 0 saturated carbocycles. The second kappa shape index (κ2) is 1.42. The minimum atomic E-state index is -0.414. The molecule has 4 aromatic rings. The van der Waals surface area contributed by atoms with E-state index in [0.29, 0.717) is 16.7 Å². The first-order chi connectivity index (χ1) is 6.34. The minimum absolute atomic E-state index is 0.316. The molecule has 3 heterocycles. The summed E-state index contributed by atoms with van der Waals surface area (Å²) in [6.45, 7) is 0. The standard InChI is InChI=1S/C9H2O4/c10-9-8-7(13-8)5-3(12-9)1-2-4-6(5)11-4/h1-2H. The van der Waals surface area contributed by atoms with Gasteiger partial charge in [-0.3, -0.25) is 0 Å². The Labute approximate surface area is 70.0 Å². The lowest BCUT2D eigenvalue weighted by Gasteiger charge is -1.83. The van der Waals surface area contributed by atoms with Crippen LogP contribution in [-0.4, -0.2) is 0 Å². The lowest BCUT2D eigenvalue weighted by molar-refractivity contribution is 0.564. The third-order valence-electron chi connectivity index (χ3n) is 2.24. The van der Waals surface area contributed by atoms with Crippen molar-refractivity contribution in [3.63, 3.8) is 0 Å². The Morgan fingerprint density at radius 2 is 1.69 bits per heavy atom. The van der Waals surface area contributed by atoms with Crippen LogP contribution in [0.3, 0.4) is 0 Å². The fourth-order valence-corrected chi connectivity index (χ4v) is 1.54. The molecule has 0 radical (unpaired) electrons. The Bertz CT molecular complexity index is 754. The summed E-state index contributed by atoms with van der Waals surface area (Å²) in [5.41, 5.74) is 2.65. The van der Waals surface area contributed by atoms with Gasteiger partial charge in [0.2, 0.25) is 0 Å². The van der Waals surface area contributed by atoms with Crippen molar-refractivity contribution in [1.29, 1.82) is 0 Å². The van der Waals surface area contributed by atoms with Crippen molar-refractivity contribution in [3.8, 4) is 0 Å². The molecule has 0 spiro atoms. The molecule has 0 saturated heterocycles. The number of hydrogen-bond donors (Lipinski definition) is 0. The molecular formula is C9H2O4. The van der Waals surface area contributed by atoms with Gasteiger partial charge in [-0.1, -0.05) is 0 Å². The summed E-state index contributed by atoms with van der Waals surface area (Å²) < 4.78 is 15.2. The van der Waals surface area contributed by atoms with Gasteiger partial charge in [0, 0.05) is 0 Å². The van der Waals surface area contributed by atoms with Crippen molar-refractivity contribution in [1.82, 2.24) is 0 Å². The zero-order valence-corrected chi connectivity index (χ0v) is 6.29. The average molecular weight is 174 g/mol. The maximum absolute atomic E-state index is 11.1. The molecule has 0 atom stereocenters. The van der Waals surface area contributed by atoms with E-state index in [-0.39, 0.29) is 0 Å². The fraction of sp³-hybridized carbons (Fsp3) is 0. The number of fused-ring (bicyclic) bond motifs is 5. The first-order valence-electron chi connectivity index (χ1n) is 3.84. The van der Waals surface area contributed by atoms with Gasteiger partial charge in [0.25, 0.3) is 5.58 Å². The summed E-state index contributed by atoms with van der Waals surface area (Å²) >= 11 is 0. The van der Waals surface area contributed by atoms with E-state index in [9.17, 15) is 4.79 Å². The Morgan fingerprint density at radius 1 is 0.846 bits per heavy atom. The minimum Gasteiger partial charge on any atom is -0.449 e. The highest BCUT2D eigenvalue weighted by molar-refractivity contribution is 6.16. The van der Waals surface area contributed by atoms with Gasteiger partial charge in [-0.25, -0.2) is 4.79 Å². The van der Waals surface area contributed by atoms with Crippen molar-refractivity contribution in [3.05, 3.63) is 22.6 Å². The van der Waals surface area contributed by atoms with Crippen molar-refractivity contribution in [2.45, 2.75) is 0 Å². The molecule has 0 aliphatic carbocycles. The summed E-state index contributed by atoms with van der Waals surface area (Å²) in [7, 11) is 0. The van der Waals surface area contributed by atoms with E-state index >= 15 is 0 Å². The predicted molar refractivity (Wildman–Crippen MR) is 44.4 cm³/mol. The van der Waals surface area contributed by atoms with Crippen molar-refractivity contribution in [2.24, 2.45) is 0 Å². The normalized spacial score (nSPS) is 12.9. The number of rotatable bonds is 0. The van der Waals surface area contributed by atoms with E-state index in [4.69, 9.17) is 13.3 Å². The molecule has 4 heteroatoms. The molecule has 1 aromatic carbocycles. The van der Waals surface area contributed by atoms with E-state index in [2.05, 4.69) is 0 Å². The summed E-state index contributed by atoms with van der Waals surface area (Å²) in [5.74, 6) is 0. The second-order valence-electron chi connectivity index (χ2n) is 3.02. The Hall–Kier alpha value is -1.97. The van der Waals surface area contributed by atoms with E-state index in [1.165, 1.54) is 0 Å². The van der Waals surface area contributed by atoms with E-state index in [1.807, 2.05) is 0 Å². The number of hydrogen-bond acceptors (Lipinski definition) is 4. The van der Waals surface area contributed by atoms with Gasteiger partial charge in [0.05, 0.1) is 0 Å². The molecule has 0 N–H and O–H groups in total. The SMILES string of the molecule is O=c1oc2ccc3oc3c2c2oc12. The second-order valence-corrected chi connectivity index (χ2v) is 3.02. The molecule has 13 heavy (non-hydrogen) atoms. The van der Waals surface area contributed by atoms with Crippen molar-refractivity contribution < 1.29 is 13.3 Å². The molecule has 3 aromatic heterocycles. The summed E-state index contributed by atoms with van der Waals surface area (Å²) in [5, 5.41) is 0.784. The monoisotopic (exact) mass is 174 g/mol. The highest BCUT2D eigenvalue weighted by Gasteiger charge is 2.24. The first kappa shape index (κ1) is 5.64. The smallest absolute Gasteiger partial charge is 0.383 e. The van der Waals surface area contributed by atoms with Gasteiger partial charge in [0.15, 0.2) is 16.7 Å². The maximum atomic E-state index is 11.1. The van der Waals surface area contributed by atoms with E-state index in [0.717, 1.165) is 16.6 Å². The molecule has 0 aliphatic heterocycles. The van der Waals surface area contributed by atoms with Crippen molar-refractivity contribution >= 4 is 33.3 Å². The predicted octanol–water partition coefficient (Wildman–Crippen LogP) is 2.16. The highest BCUT2D eigenvalue weighted by Crippen LogP contribution is 2.39. The van der Waals surface area contributed by atoms with Crippen LogP contribution in [0.1, 0.15) is 0 Å². The van der Waals surface area contributed by atoms with Gasteiger partial charge in [0.1, 0.15) is 11.0 Å². The van der Waals surface area contributed by atoms with Crippen LogP contribution < -0.4 is 5.63 Å². The van der Waals surface area contributed by atoms with Gasteiger partial charge in [-0.2, -0.15) is 0 Å². The quantitative estimate of drug-likeness (QED) is 0.383. The summed E-state index contributed by atoms with van der Waals surface area (Å²) in [4.78, 5) is 11.1. The van der Waals surface area contributed by atoms with Crippen LogP contribution in [-0.2, 0) is 0 Å². The van der Waals surface area contributed by atoms with Crippen LogP contribution in [0.5, 0.6) is 0 Å². The third-order valence-corrected chi connectivity index (χ3v) is 2.24. The molecule has 0 fully saturated rings. The molecule has 0 unspecified atom stereocenters. The van der Waals surface area contributed by atoms with Crippen LogP contribution in [0.25, 0.3) is 33.3 Å². The van der Waals surface area contributed by atoms with Crippen molar-refractivity contribution in [2.75, 3.05) is 0 Å². The van der Waals surface area contributed by atoms with Gasteiger partial charge in [-0.15, -0.1) is 0 Å². The van der Waals surface area contributed by atoms with Crippen LogP contribution >= 0.6 is 0 Å². The summed E-state index contributed by atoms with van der Waals surface area (Å²) in [6, 6.07) is 3.49. The summed E-state index contributed by atoms with van der Waals surface area (Å²) in [6.07, 6.45) is 0. The van der Waals surface area contributed by atoms with E-state index < -0.39 is 5.63 Å². The molecular weight excluding hydrogens is 172 g/mol. The molecule has 4 rings (SSSR count). The Morgan fingerprint density at radius 3 is 2.62 bits per heavy atom. The molecule has 0 bridgehead atoms. The first-order valence-corrected chi connectivity index (χ1v) is 3.84. The zero-order chi connectivity index (χ0) is 8.58. The molecule has 62 valence electrons. The van der Waals surface area contributed by atoms with Crippen LogP contribution in [0.2, 0.25) is 0 Å². The largest absolute Gasteiger partial charge is 0.449 e. The average Bonchev–Trinajstić information content (AvgIpc) is 2.98. The lowest BCUT2D eigenvalue weighted by Crippen LogP contribution is -1.91. The highest BCUT2D eigenvalue weighted by atomic mass is 16.4. The zero-order valence-electron chi connectivity index (χ0n) is 6.29.